The van der Waals surface area contributed by atoms with Crippen LogP contribution in [0.3, 0.4) is 0 Å². The van der Waals surface area contributed by atoms with Gasteiger partial charge < -0.3 is 14.7 Å². The average molecular weight is 263 g/mol. The molecule has 1 heterocycles. The van der Waals surface area contributed by atoms with Gasteiger partial charge in [-0.3, -0.25) is 4.79 Å². The molecule has 1 amide bonds. The molecule has 1 aromatic rings. The van der Waals surface area contributed by atoms with Crippen molar-refractivity contribution >= 4 is 5.91 Å². The molecule has 0 saturated carbocycles. The van der Waals surface area contributed by atoms with Crippen LogP contribution in [0.15, 0.2) is 18.2 Å². The normalized spacial score (nSPS) is 16.6. The van der Waals surface area contributed by atoms with E-state index in [1.807, 2.05) is 4.90 Å². The van der Waals surface area contributed by atoms with Gasteiger partial charge in [0.05, 0.1) is 5.56 Å². The number of hydrogen-bond donors (Lipinski definition) is 1. The van der Waals surface area contributed by atoms with Crippen molar-refractivity contribution in [1.29, 1.82) is 0 Å². The fraction of sp³-hybridized carbons (Fsp3) is 0.533. The van der Waals surface area contributed by atoms with Gasteiger partial charge in [-0.15, -0.1) is 0 Å². The monoisotopic (exact) mass is 263 g/mol. The Hall–Kier alpha value is -1.55. The standard InChI is InChI=1S/C15H21NO3/c1-11-4-3-5-13(14(11)17)15(18)16-8-6-12(7-9-16)10-19-2/h3-5,12,17H,6-10H2,1-2H3. The van der Waals surface area contributed by atoms with Crippen LogP contribution in [0.4, 0.5) is 0 Å². The van der Waals surface area contributed by atoms with Gasteiger partial charge in [0.25, 0.3) is 5.91 Å². The van der Waals surface area contributed by atoms with Crippen molar-refractivity contribution in [2.45, 2.75) is 19.8 Å². The van der Waals surface area contributed by atoms with Crippen molar-refractivity contribution in [3.8, 4) is 5.75 Å². The van der Waals surface area contributed by atoms with Crippen molar-refractivity contribution in [1.82, 2.24) is 4.90 Å². The van der Waals surface area contributed by atoms with Gasteiger partial charge in [-0.05, 0) is 37.3 Å². The Morgan fingerprint density at radius 2 is 2.11 bits per heavy atom. The fourth-order valence-electron chi connectivity index (χ4n) is 2.54. The Kier molecular flexibility index (Phi) is 4.43. The third kappa shape index (κ3) is 3.07. The molecular weight excluding hydrogens is 242 g/mol. The summed E-state index contributed by atoms with van der Waals surface area (Å²) in [6.07, 6.45) is 1.93. The van der Waals surface area contributed by atoms with E-state index in [1.165, 1.54) is 0 Å². The molecule has 0 radical (unpaired) electrons. The molecule has 4 nitrogen and oxygen atoms in total. The summed E-state index contributed by atoms with van der Waals surface area (Å²) in [6.45, 7) is 4.04. The van der Waals surface area contributed by atoms with Gasteiger partial charge in [0.1, 0.15) is 5.75 Å². The lowest BCUT2D eigenvalue weighted by molar-refractivity contribution is 0.0611. The number of amides is 1. The van der Waals surface area contributed by atoms with Gasteiger partial charge in [0, 0.05) is 26.8 Å². The van der Waals surface area contributed by atoms with Gasteiger partial charge in [-0.25, -0.2) is 0 Å². The number of para-hydroxylation sites is 1. The summed E-state index contributed by atoms with van der Waals surface area (Å²) in [6, 6.07) is 5.29. The van der Waals surface area contributed by atoms with Gasteiger partial charge in [-0.1, -0.05) is 12.1 Å². The van der Waals surface area contributed by atoms with Crippen LogP contribution in [0.25, 0.3) is 0 Å². The Morgan fingerprint density at radius 3 is 2.74 bits per heavy atom. The quantitative estimate of drug-likeness (QED) is 0.909. The molecule has 1 N–H and O–H groups in total. The molecule has 1 aliphatic heterocycles. The van der Waals surface area contributed by atoms with Gasteiger partial charge >= 0.3 is 0 Å². The highest BCUT2D eigenvalue weighted by atomic mass is 16.5. The molecule has 19 heavy (non-hydrogen) atoms. The van der Waals surface area contributed by atoms with Gasteiger partial charge in [0.15, 0.2) is 0 Å². The van der Waals surface area contributed by atoms with E-state index in [9.17, 15) is 9.90 Å². The van der Waals surface area contributed by atoms with E-state index in [-0.39, 0.29) is 11.7 Å². The van der Waals surface area contributed by atoms with E-state index in [2.05, 4.69) is 0 Å². The predicted octanol–water partition coefficient (Wildman–Crippen LogP) is 2.20. The van der Waals surface area contributed by atoms with E-state index >= 15 is 0 Å². The summed E-state index contributed by atoms with van der Waals surface area (Å²) in [7, 11) is 1.71. The van der Waals surface area contributed by atoms with Gasteiger partial charge in [0.2, 0.25) is 0 Å². The van der Waals surface area contributed by atoms with Crippen LogP contribution >= 0.6 is 0 Å². The topological polar surface area (TPSA) is 49.8 Å². The van der Waals surface area contributed by atoms with E-state index in [4.69, 9.17) is 4.74 Å². The minimum atomic E-state index is -0.0722. The molecule has 2 rings (SSSR count). The first-order valence-electron chi connectivity index (χ1n) is 6.70. The fourth-order valence-corrected chi connectivity index (χ4v) is 2.54. The molecule has 104 valence electrons. The third-order valence-electron chi connectivity index (χ3n) is 3.77. The van der Waals surface area contributed by atoms with Crippen LogP contribution in [0.5, 0.6) is 5.75 Å². The molecule has 4 heteroatoms. The molecule has 0 unspecified atom stereocenters. The number of benzene rings is 1. The molecular formula is C15H21NO3. The second-order valence-corrected chi connectivity index (χ2v) is 5.16. The second kappa shape index (κ2) is 6.06. The smallest absolute Gasteiger partial charge is 0.257 e. The molecule has 0 aromatic heterocycles. The minimum Gasteiger partial charge on any atom is -0.507 e. The van der Waals surface area contributed by atoms with Crippen LogP contribution in [0.2, 0.25) is 0 Å². The number of ether oxygens (including phenoxy) is 1. The Balaban J connectivity index is 2.03. The molecule has 0 bridgehead atoms. The maximum atomic E-state index is 12.4. The number of rotatable bonds is 3. The highest BCUT2D eigenvalue weighted by Crippen LogP contribution is 2.25. The summed E-state index contributed by atoms with van der Waals surface area (Å²) in [5.74, 6) is 0.573. The number of piperidine rings is 1. The first-order chi connectivity index (χ1) is 9.13. The number of phenols is 1. The number of nitrogens with zero attached hydrogens (tertiary/aromatic N) is 1. The predicted molar refractivity (Wildman–Crippen MR) is 73.3 cm³/mol. The molecule has 0 atom stereocenters. The maximum absolute atomic E-state index is 12.4. The molecule has 1 saturated heterocycles. The number of phenolic OH excluding ortho intramolecular Hbond substituents is 1. The summed E-state index contributed by atoms with van der Waals surface area (Å²) < 4.78 is 5.15. The zero-order valence-corrected chi connectivity index (χ0v) is 11.6. The Bertz CT molecular complexity index is 451. The highest BCUT2D eigenvalue weighted by molar-refractivity contribution is 5.97. The molecule has 0 aliphatic carbocycles. The first-order valence-corrected chi connectivity index (χ1v) is 6.70. The van der Waals surface area contributed by atoms with Crippen LogP contribution in [0, 0.1) is 12.8 Å². The number of likely N-dealkylation sites (tertiary alicyclic amines) is 1. The lowest BCUT2D eigenvalue weighted by atomic mass is 9.97. The second-order valence-electron chi connectivity index (χ2n) is 5.16. The van der Waals surface area contributed by atoms with Crippen molar-refractivity contribution in [3.63, 3.8) is 0 Å². The number of hydrogen-bond acceptors (Lipinski definition) is 3. The number of aromatic hydroxyl groups is 1. The van der Waals surface area contributed by atoms with E-state index in [0.29, 0.717) is 11.5 Å². The van der Waals surface area contributed by atoms with E-state index in [1.54, 1.807) is 32.2 Å². The summed E-state index contributed by atoms with van der Waals surface area (Å²) >= 11 is 0. The zero-order chi connectivity index (χ0) is 13.8. The molecule has 1 aromatic carbocycles. The Labute approximate surface area is 114 Å². The third-order valence-corrected chi connectivity index (χ3v) is 3.77. The maximum Gasteiger partial charge on any atom is 0.257 e. The van der Waals surface area contributed by atoms with Crippen LogP contribution in [-0.2, 0) is 4.74 Å². The van der Waals surface area contributed by atoms with E-state index in [0.717, 1.165) is 38.1 Å². The largest absolute Gasteiger partial charge is 0.507 e. The Morgan fingerprint density at radius 1 is 1.42 bits per heavy atom. The zero-order valence-electron chi connectivity index (χ0n) is 11.6. The van der Waals surface area contributed by atoms with Crippen molar-refractivity contribution in [2.24, 2.45) is 5.92 Å². The summed E-state index contributed by atoms with van der Waals surface area (Å²) in [4.78, 5) is 14.2. The summed E-state index contributed by atoms with van der Waals surface area (Å²) in [5, 5.41) is 9.97. The molecule has 0 spiro atoms. The van der Waals surface area contributed by atoms with E-state index < -0.39 is 0 Å². The molecule has 1 aliphatic rings. The van der Waals surface area contributed by atoms with Crippen LogP contribution in [0.1, 0.15) is 28.8 Å². The van der Waals surface area contributed by atoms with Crippen LogP contribution in [-0.4, -0.2) is 42.7 Å². The molecule has 1 fully saturated rings. The lowest BCUT2D eigenvalue weighted by Crippen LogP contribution is -2.39. The SMILES string of the molecule is COCC1CCN(C(=O)c2cccc(C)c2O)CC1. The average Bonchev–Trinajstić information content (AvgIpc) is 2.42. The minimum absolute atomic E-state index is 0.0722. The van der Waals surface area contributed by atoms with Gasteiger partial charge in [-0.2, -0.15) is 0 Å². The number of methoxy groups -OCH3 is 1. The van der Waals surface area contributed by atoms with Crippen molar-refractivity contribution < 1.29 is 14.6 Å². The lowest BCUT2D eigenvalue weighted by Gasteiger charge is -2.31. The number of aryl methyl sites for hydroxylation is 1. The first kappa shape index (κ1) is 13.9. The van der Waals surface area contributed by atoms with Crippen molar-refractivity contribution in [2.75, 3.05) is 26.8 Å². The van der Waals surface area contributed by atoms with Crippen LogP contribution < -0.4 is 0 Å². The number of carbonyl (C=O) groups is 1. The highest BCUT2D eigenvalue weighted by Gasteiger charge is 2.25. The summed E-state index contributed by atoms with van der Waals surface area (Å²) in [5.41, 5.74) is 1.14. The number of carbonyl (C=O) groups excluding carboxylic acids is 1. The van der Waals surface area contributed by atoms with Crippen molar-refractivity contribution in [3.05, 3.63) is 29.3 Å².